The molecule has 0 aliphatic carbocycles. The quantitative estimate of drug-likeness (QED) is 0.406. The zero-order valence-corrected chi connectivity index (χ0v) is 13.4. The van der Waals surface area contributed by atoms with Crippen molar-refractivity contribution < 1.29 is 75.4 Å². The molecule has 172 valence electrons. The van der Waals surface area contributed by atoms with E-state index in [1.807, 2.05) is 0 Å². The van der Waals surface area contributed by atoms with E-state index in [1.165, 1.54) is 0 Å². The number of carbonyl (C=O) groups excluding carboxylic acids is 1. The predicted octanol–water partition coefficient (Wildman–Crippen LogP) is 4.87. The van der Waals surface area contributed by atoms with Crippen molar-refractivity contribution in [2.24, 2.45) is 0 Å². The molecule has 0 atom stereocenters. The van der Waals surface area contributed by atoms with Gasteiger partial charge in [0.2, 0.25) is 0 Å². The minimum Gasteiger partial charge on any atom is -0.442 e. The molecule has 3 nitrogen and oxygen atoms in total. The average Bonchev–Trinajstić information content (AvgIpc) is 2.49. The number of rotatable bonds is 1. The zero-order chi connectivity index (χ0) is 23.9. The van der Waals surface area contributed by atoms with Gasteiger partial charge in [0.25, 0.3) is 0 Å². The highest BCUT2D eigenvalue weighted by Crippen LogP contribution is 2.66. The minimum atomic E-state index is -7.88. The second-order valence-corrected chi connectivity index (χ2v) is 6.08. The molecule has 0 N–H and O–H groups in total. The molecule has 1 fully saturated rings. The van der Waals surface area contributed by atoms with Crippen molar-refractivity contribution in [1.82, 2.24) is 4.90 Å². The first-order chi connectivity index (χ1) is 12.2. The summed E-state index contributed by atoms with van der Waals surface area (Å²) >= 11 is 0. The van der Waals surface area contributed by atoms with Gasteiger partial charge < -0.3 is 4.74 Å². The molecular formula is C11H6F15NO2. The molecule has 0 saturated carbocycles. The number of hydrogen-bond donors (Lipinski definition) is 0. The summed E-state index contributed by atoms with van der Waals surface area (Å²) in [6, 6.07) is 0. The molecule has 0 amide bonds. The summed E-state index contributed by atoms with van der Waals surface area (Å²) in [7, 11) is 0. The van der Waals surface area contributed by atoms with E-state index in [0.29, 0.717) is 0 Å². The van der Waals surface area contributed by atoms with Crippen molar-refractivity contribution in [3.05, 3.63) is 0 Å². The topological polar surface area (TPSA) is 29.5 Å². The summed E-state index contributed by atoms with van der Waals surface area (Å²) in [6.07, 6.45) is -38.5. The van der Waals surface area contributed by atoms with Crippen LogP contribution in [0.5, 0.6) is 0 Å². The summed E-state index contributed by atoms with van der Waals surface area (Å²) in [5.74, 6) is -3.84. The number of halogens is 15. The molecule has 1 aliphatic heterocycles. The molecule has 18 heteroatoms. The fourth-order valence-electron chi connectivity index (χ4n) is 3.01. The molecule has 1 aliphatic rings. The second-order valence-electron chi connectivity index (χ2n) is 6.08. The van der Waals surface area contributed by atoms with Crippen LogP contribution in [0.25, 0.3) is 0 Å². The molecular weight excluding hydrogens is 463 g/mol. The van der Waals surface area contributed by atoms with Crippen LogP contribution in [-0.4, -0.2) is 58.6 Å². The number of esters is 1. The lowest BCUT2D eigenvalue weighted by Gasteiger charge is -2.52. The van der Waals surface area contributed by atoms with E-state index in [1.54, 1.807) is 0 Å². The van der Waals surface area contributed by atoms with Crippen LogP contribution in [0.15, 0.2) is 0 Å². The van der Waals surface area contributed by atoms with Gasteiger partial charge in [0, 0.05) is 0 Å². The van der Waals surface area contributed by atoms with Crippen LogP contribution in [0.1, 0.15) is 13.8 Å². The lowest BCUT2D eigenvalue weighted by Crippen LogP contribution is -2.85. The maximum absolute atomic E-state index is 13.3. The van der Waals surface area contributed by atoms with Gasteiger partial charge in [-0.1, -0.05) is 0 Å². The van der Waals surface area contributed by atoms with Gasteiger partial charge in [-0.2, -0.15) is 65.9 Å². The number of alkyl halides is 15. The molecule has 0 bridgehead atoms. The van der Waals surface area contributed by atoms with Crippen molar-refractivity contribution >= 4 is 5.97 Å². The normalized spacial score (nSPS) is 22.0. The lowest BCUT2D eigenvalue weighted by molar-refractivity contribution is -0.463. The third kappa shape index (κ3) is 2.99. The van der Waals surface area contributed by atoms with E-state index in [4.69, 9.17) is 0 Å². The van der Waals surface area contributed by atoms with Crippen LogP contribution >= 0.6 is 0 Å². The van der Waals surface area contributed by atoms with E-state index in [0.717, 1.165) is 0 Å². The summed E-state index contributed by atoms with van der Waals surface area (Å²) in [5.41, 5.74) is -19.1. The van der Waals surface area contributed by atoms with Crippen LogP contribution < -0.4 is 0 Å². The molecule has 1 heterocycles. The number of nitrogens with zero attached hydrogens (tertiary/aromatic N) is 1. The van der Waals surface area contributed by atoms with E-state index in [2.05, 4.69) is 4.74 Å². The Hall–Kier alpha value is -1.62. The first-order valence-corrected chi connectivity index (χ1v) is 6.62. The minimum absolute atomic E-state index is 0.415. The summed E-state index contributed by atoms with van der Waals surface area (Å²) < 4.78 is 202. The van der Waals surface area contributed by atoms with Gasteiger partial charge >= 0.3 is 47.9 Å². The van der Waals surface area contributed by atoms with Crippen LogP contribution in [0.4, 0.5) is 65.9 Å². The van der Waals surface area contributed by atoms with Crippen molar-refractivity contribution in [2.75, 3.05) is 0 Å². The van der Waals surface area contributed by atoms with Crippen molar-refractivity contribution in [3.8, 4) is 0 Å². The van der Waals surface area contributed by atoms with Crippen LogP contribution in [0.3, 0.4) is 0 Å². The number of cyclic esters (lactones) is 1. The molecule has 1 rings (SSSR count). The Morgan fingerprint density at radius 3 is 1.14 bits per heavy atom. The highest BCUT2D eigenvalue weighted by molar-refractivity contribution is 5.86. The number of ether oxygens (including phenoxy) is 1. The molecule has 0 aromatic rings. The fourth-order valence-corrected chi connectivity index (χ4v) is 3.01. The molecule has 0 radical (unpaired) electrons. The Labute approximate surface area is 149 Å². The summed E-state index contributed by atoms with van der Waals surface area (Å²) in [5, 5.41) is 0. The van der Waals surface area contributed by atoms with E-state index >= 15 is 0 Å². The molecule has 29 heavy (non-hydrogen) atoms. The van der Waals surface area contributed by atoms with E-state index in [9.17, 15) is 70.7 Å². The molecule has 0 unspecified atom stereocenters. The van der Waals surface area contributed by atoms with E-state index in [-0.39, 0.29) is 0 Å². The lowest BCUT2D eigenvalue weighted by atomic mass is 9.83. The van der Waals surface area contributed by atoms with Crippen molar-refractivity contribution in [3.63, 3.8) is 0 Å². The Kier molecular flexibility index (Phi) is 5.23. The van der Waals surface area contributed by atoms with Gasteiger partial charge in [-0.05, 0) is 13.8 Å². The maximum Gasteiger partial charge on any atom is 0.426 e. The fraction of sp³-hybridized carbons (Fsp3) is 0.909. The van der Waals surface area contributed by atoms with E-state index < -0.39 is 72.4 Å². The highest BCUT2D eigenvalue weighted by Gasteiger charge is 2.98. The second kappa shape index (κ2) is 5.96. The Morgan fingerprint density at radius 1 is 0.655 bits per heavy atom. The van der Waals surface area contributed by atoms with Crippen molar-refractivity contribution in [2.45, 2.75) is 61.5 Å². The molecule has 0 aromatic heterocycles. The van der Waals surface area contributed by atoms with Crippen molar-refractivity contribution in [1.29, 1.82) is 0 Å². The molecule has 1 saturated heterocycles. The first kappa shape index (κ1) is 25.4. The summed E-state index contributed by atoms with van der Waals surface area (Å²) in [4.78, 5) is 8.35. The van der Waals surface area contributed by atoms with Crippen LogP contribution in [0, 0.1) is 0 Å². The largest absolute Gasteiger partial charge is 0.442 e. The van der Waals surface area contributed by atoms with Gasteiger partial charge in [0.15, 0.2) is 5.72 Å². The third-order valence-corrected chi connectivity index (χ3v) is 3.90. The standard InChI is InChI=1S/C11H6F15NO2/c1-4(2)27(5(3(28)29-4,7(12,13)14)8(15,16)17)6(9(18,19)20,10(21,22)23)11(24,25)26/h1-2H3. The molecule has 0 aromatic carbocycles. The Balaban J connectivity index is 4.43. The van der Waals surface area contributed by atoms with Gasteiger partial charge in [0.1, 0.15) is 0 Å². The van der Waals surface area contributed by atoms with Gasteiger partial charge in [-0.15, -0.1) is 0 Å². The van der Waals surface area contributed by atoms with Gasteiger partial charge in [-0.3, -0.25) is 0 Å². The Morgan fingerprint density at radius 2 is 0.931 bits per heavy atom. The van der Waals surface area contributed by atoms with Crippen LogP contribution in [-0.2, 0) is 9.53 Å². The maximum atomic E-state index is 13.3. The Bertz CT molecular complexity index is 612. The SMILES string of the molecule is CC1(C)OC(=O)C(C(F)(F)F)(C(F)(F)F)N1C(C(F)(F)F)(C(F)(F)F)C(F)(F)F. The zero-order valence-electron chi connectivity index (χ0n) is 13.4. The summed E-state index contributed by atoms with van der Waals surface area (Å²) in [6.45, 7) is -0.829. The number of hydrogen-bond acceptors (Lipinski definition) is 3. The predicted molar refractivity (Wildman–Crippen MR) is 57.7 cm³/mol. The van der Waals surface area contributed by atoms with Gasteiger partial charge in [0.05, 0.1) is 0 Å². The average molecular weight is 469 g/mol. The highest BCUT2D eigenvalue weighted by atomic mass is 19.4. The van der Waals surface area contributed by atoms with Gasteiger partial charge in [-0.25, -0.2) is 9.69 Å². The monoisotopic (exact) mass is 469 g/mol. The smallest absolute Gasteiger partial charge is 0.426 e. The van der Waals surface area contributed by atoms with Crippen LogP contribution in [0.2, 0.25) is 0 Å². The molecule has 0 spiro atoms. The third-order valence-electron chi connectivity index (χ3n) is 3.90. The number of carbonyl (C=O) groups is 1. The first-order valence-electron chi connectivity index (χ1n) is 6.62.